The van der Waals surface area contributed by atoms with E-state index >= 15 is 0 Å². The highest BCUT2D eigenvalue weighted by molar-refractivity contribution is 5.81. The Kier molecular flexibility index (Phi) is 7.13. The summed E-state index contributed by atoms with van der Waals surface area (Å²) in [7, 11) is 0. The predicted octanol–water partition coefficient (Wildman–Crippen LogP) is 1.88. The smallest absolute Gasteiger partial charge is 0.153 e. The summed E-state index contributed by atoms with van der Waals surface area (Å²) in [6.07, 6.45) is 2.38. The molecule has 0 aromatic heterocycles. The number of hydrogen-bond acceptors (Lipinski definition) is 3. The fourth-order valence-corrected chi connectivity index (χ4v) is 1.46. The molecule has 0 unspecified atom stereocenters. The third kappa shape index (κ3) is 7.19. The van der Waals surface area contributed by atoms with Crippen molar-refractivity contribution in [1.82, 2.24) is 4.90 Å². The Morgan fingerprint density at radius 3 is 2.33 bits per heavy atom. The molecule has 0 saturated heterocycles. The predicted molar refractivity (Wildman–Crippen MR) is 64.2 cm³/mol. The van der Waals surface area contributed by atoms with E-state index in [0.717, 1.165) is 18.9 Å². The van der Waals surface area contributed by atoms with Crippen LogP contribution in [0.2, 0.25) is 0 Å². The summed E-state index contributed by atoms with van der Waals surface area (Å²) < 4.78 is 0. The van der Waals surface area contributed by atoms with Gasteiger partial charge in [0.2, 0.25) is 0 Å². The van der Waals surface area contributed by atoms with Gasteiger partial charge in [0.25, 0.3) is 0 Å². The first-order valence-corrected chi connectivity index (χ1v) is 5.67. The van der Waals surface area contributed by atoms with E-state index in [4.69, 9.17) is 10.9 Å². The summed E-state index contributed by atoms with van der Waals surface area (Å²) in [5.74, 6) is 1.02. The lowest BCUT2D eigenvalue weighted by Crippen LogP contribution is -2.39. The maximum atomic E-state index is 8.52. The number of hydrogen-bond donors (Lipinski definition) is 2. The first-order chi connectivity index (χ1) is 6.97. The fourth-order valence-electron chi connectivity index (χ4n) is 1.46. The van der Waals surface area contributed by atoms with E-state index in [1.165, 1.54) is 6.42 Å². The number of rotatable bonds is 7. The zero-order valence-corrected chi connectivity index (χ0v) is 10.4. The van der Waals surface area contributed by atoms with Crippen molar-refractivity contribution in [3.8, 4) is 0 Å². The molecule has 0 spiro atoms. The highest BCUT2D eigenvalue weighted by Gasteiger charge is 2.11. The molecule has 0 radical (unpaired) electrons. The molecule has 0 rings (SSSR count). The zero-order chi connectivity index (χ0) is 11.8. The molecule has 0 aromatic rings. The summed E-state index contributed by atoms with van der Waals surface area (Å²) >= 11 is 0. The van der Waals surface area contributed by atoms with Crippen LogP contribution in [0.1, 0.15) is 40.5 Å². The molecule has 0 fully saturated rings. The Bertz CT molecular complexity index is 190. The molecule has 15 heavy (non-hydrogen) atoms. The molecule has 0 heterocycles. The van der Waals surface area contributed by atoms with Gasteiger partial charge >= 0.3 is 0 Å². The van der Waals surface area contributed by atoms with Crippen molar-refractivity contribution < 1.29 is 5.21 Å². The Hall–Kier alpha value is -0.770. The van der Waals surface area contributed by atoms with Gasteiger partial charge in [-0.2, -0.15) is 0 Å². The molecule has 0 bridgehead atoms. The van der Waals surface area contributed by atoms with E-state index < -0.39 is 0 Å². The third-order valence-electron chi connectivity index (χ3n) is 2.45. The summed E-state index contributed by atoms with van der Waals surface area (Å²) in [5.41, 5.74) is 5.50. The second kappa shape index (κ2) is 7.51. The van der Waals surface area contributed by atoms with Gasteiger partial charge in [-0.25, -0.2) is 0 Å². The van der Waals surface area contributed by atoms with Gasteiger partial charge in [-0.15, -0.1) is 0 Å². The highest BCUT2D eigenvalue weighted by atomic mass is 16.4. The topological polar surface area (TPSA) is 61.8 Å². The first-order valence-electron chi connectivity index (χ1n) is 5.67. The van der Waals surface area contributed by atoms with Crippen LogP contribution in [0.15, 0.2) is 5.16 Å². The molecular formula is C11H25N3O. The van der Waals surface area contributed by atoms with Crippen molar-refractivity contribution in [2.24, 2.45) is 16.8 Å². The minimum atomic E-state index is 0.285. The Labute approximate surface area is 93.1 Å². The molecule has 0 aliphatic rings. The molecule has 0 saturated carbocycles. The van der Waals surface area contributed by atoms with Gasteiger partial charge in [0.1, 0.15) is 0 Å². The normalized spacial score (nSPS) is 13.1. The molecular weight excluding hydrogens is 190 g/mol. The van der Waals surface area contributed by atoms with Crippen LogP contribution in [-0.4, -0.2) is 35.1 Å². The maximum absolute atomic E-state index is 8.52. The lowest BCUT2D eigenvalue weighted by Gasteiger charge is -2.25. The number of amidine groups is 1. The maximum Gasteiger partial charge on any atom is 0.153 e. The molecule has 4 heteroatoms. The van der Waals surface area contributed by atoms with Gasteiger partial charge in [0.05, 0.1) is 6.54 Å². The first kappa shape index (κ1) is 14.2. The molecule has 90 valence electrons. The van der Waals surface area contributed by atoms with Gasteiger partial charge in [-0.05, 0) is 39.2 Å². The molecule has 4 nitrogen and oxygen atoms in total. The molecule has 0 aliphatic carbocycles. The van der Waals surface area contributed by atoms with Crippen LogP contribution >= 0.6 is 0 Å². The monoisotopic (exact) mass is 215 g/mol. The van der Waals surface area contributed by atoms with Gasteiger partial charge in [0, 0.05) is 6.04 Å². The van der Waals surface area contributed by atoms with Crippen molar-refractivity contribution in [3.05, 3.63) is 0 Å². The number of nitrogens with two attached hydrogens (primary N) is 1. The summed E-state index contributed by atoms with van der Waals surface area (Å²) in [5, 5.41) is 11.5. The number of nitrogens with zero attached hydrogens (tertiary/aromatic N) is 2. The van der Waals surface area contributed by atoms with Crippen molar-refractivity contribution in [1.29, 1.82) is 0 Å². The number of oxime groups is 1. The van der Waals surface area contributed by atoms with Gasteiger partial charge in [0.15, 0.2) is 5.84 Å². The third-order valence-corrected chi connectivity index (χ3v) is 2.45. The van der Waals surface area contributed by atoms with Crippen molar-refractivity contribution in [3.63, 3.8) is 0 Å². The van der Waals surface area contributed by atoms with Crippen molar-refractivity contribution in [2.75, 3.05) is 13.1 Å². The van der Waals surface area contributed by atoms with E-state index in [2.05, 4.69) is 37.8 Å². The second-order valence-electron chi connectivity index (χ2n) is 4.69. The van der Waals surface area contributed by atoms with Crippen LogP contribution in [0.5, 0.6) is 0 Å². The van der Waals surface area contributed by atoms with Gasteiger partial charge < -0.3 is 10.9 Å². The van der Waals surface area contributed by atoms with Crippen LogP contribution in [0.25, 0.3) is 0 Å². The quantitative estimate of drug-likeness (QED) is 0.295. The Balaban J connectivity index is 3.94. The summed E-state index contributed by atoms with van der Waals surface area (Å²) in [6.45, 7) is 10.3. The highest BCUT2D eigenvalue weighted by Crippen LogP contribution is 2.06. The Morgan fingerprint density at radius 1 is 1.33 bits per heavy atom. The van der Waals surface area contributed by atoms with E-state index in [0.29, 0.717) is 12.6 Å². The molecule has 0 aliphatic heterocycles. The summed E-state index contributed by atoms with van der Waals surface area (Å²) in [4.78, 5) is 2.22. The lowest BCUT2D eigenvalue weighted by atomic mass is 10.1. The standard InChI is InChI=1S/C11H25N3O/c1-9(2)6-5-7-14(10(3)4)8-11(12)13-15/h9-10,15H,5-8H2,1-4H3,(H2,12,13). The summed E-state index contributed by atoms with van der Waals surface area (Å²) in [6, 6.07) is 0.428. The van der Waals surface area contributed by atoms with E-state index in [1.54, 1.807) is 0 Å². The van der Waals surface area contributed by atoms with Crippen LogP contribution < -0.4 is 5.73 Å². The molecule has 0 aromatic carbocycles. The molecule has 0 amide bonds. The van der Waals surface area contributed by atoms with Gasteiger partial charge in [-0.1, -0.05) is 19.0 Å². The van der Waals surface area contributed by atoms with E-state index in [9.17, 15) is 0 Å². The van der Waals surface area contributed by atoms with Crippen LogP contribution in [0.3, 0.4) is 0 Å². The SMILES string of the molecule is CC(C)CCCN(CC(N)=NO)C(C)C. The van der Waals surface area contributed by atoms with Crippen LogP contribution in [0, 0.1) is 5.92 Å². The second-order valence-corrected chi connectivity index (χ2v) is 4.69. The lowest BCUT2D eigenvalue weighted by molar-refractivity contribution is 0.238. The van der Waals surface area contributed by atoms with Crippen molar-refractivity contribution in [2.45, 2.75) is 46.6 Å². The largest absolute Gasteiger partial charge is 0.409 e. The van der Waals surface area contributed by atoms with Gasteiger partial charge in [-0.3, -0.25) is 4.90 Å². The van der Waals surface area contributed by atoms with Crippen LogP contribution in [0.4, 0.5) is 0 Å². The average Bonchev–Trinajstić information content (AvgIpc) is 2.15. The van der Waals surface area contributed by atoms with Crippen molar-refractivity contribution >= 4 is 5.84 Å². The van der Waals surface area contributed by atoms with E-state index in [1.807, 2.05) is 0 Å². The minimum absolute atomic E-state index is 0.285. The Morgan fingerprint density at radius 2 is 1.93 bits per heavy atom. The molecule has 0 atom stereocenters. The fraction of sp³-hybridized carbons (Fsp3) is 0.909. The van der Waals surface area contributed by atoms with Crippen LogP contribution in [-0.2, 0) is 0 Å². The minimum Gasteiger partial charge on any atom is -0.409 e. The van der Waals surface area contributed by atoms with E-state index in [-0.39, 0.29) is 5.84 Å². The average molecular weight is 215 g/mol. The zero-order valence-electron chi connectivity index (χ0n) is 10.4. The molecule has 3 N–H and O–H groups in total.